The zero-order valence-electron chi connectivity index (χ0n) is 21.8. The van der Waals surface area contributed by atoms with Gasteiger partial charge in [0.1, 0.15) is 12.3 Å². The van der Waals surface area contributed by atoms with Crippen LogP contribution in [0.4, 0.5) is 13.2 Å². The number of benzene rings is 3. The first-order chi connectivity index (χ1) is 19.1. The third kappa shape index (κ3) is 6.63. The lowest BCUT2D eigenvalue weighted by Crippen LogP contribution is -2.42. The van der Waals surface area contributed by atoms with Crippen molar-refractivity contribution in [1.82, 2.24) is 9.91 Å². The van der Waals surface area contributed by atoms with Gasteiger partial charge in [-0.15, -0.1) is 0 Å². The van der Waals surface area contributed by atoms with Crippen molar-refractivity contribution in [3.63, 3.8) is 0 Å². The largest absolute Gasteiger partial charge is 0.497 e. The van der Waals surface area contributed by atoms with E-state index < -0.39 is 29.6 Å². The van der Waals surface area contributed by atoms with Gasteiger partial charge in [0.05, 0.1) is 31.0 Å². The Hall–Kier alpha value is -3.89. The second kappa shape index (κ2) is 12.5. The van der Waals surface area contributed by atoms with Crippen LogP contribution in [0.15, 0.2) is 77.9 Å². The summed E-state index contributed by atoms with van der Waals surface area (Å²) < 4.78 is 49.4. The van der Waals surface area contributed by atoms with Gasteiger partial charge >= 0.3 is 6.18 Å². The molecule has 0 aliphatic carbocycles. The maximum atomic E-state index is 13.7. The van der Waals surface area contributed by atoms with Crippen molar-refractivity contribution in [2.24, 2.45) is 5.10 Å². The van der Waals surface area contributed by atoms with E-state index in [1.54, 1.807) is 25.3 Å². The Morgan fingerprint density at radius 1 is 1.05 bits per heavy atom. The molecule has 4 rings (SSSR count). The fraction of sp³-hybridized carbons (Fsp3) is 0.276. The van der Waals surface area contributed by atoms with E-state index in [1.807, 2.05) is 30.3 Å². The van der Waals surface area contributed by atoms with Gasteiger partial charge in [0.25, 0.3) is 11.8 Å². The third-order valence-corrected chi connectivity index (χ3v) is 6.82. The van der Waals surface area contributed by atoms with Gasteiger partial charge in [-0.05, 0) is 48.0 Å². The standard InChI is InChI=1S/C29H27ClF3N3O4/c1-39-15-14-35(28(38)19-10-12-21(13-11-19)29(31,32)33)18-27(37)36-26(23-8-3-4-9-24(23)30)17-25(34-36)20-6-5-7-22(16-20)40-2/h3-13,16,26H,14-15,17-18H2,1-2H3/t26-/m0/s1. The molecular weight excluding hydrogens is 547 g/mol. The first-order valence-corrected chi connectivity index (χ1v) is 12.7. The van der Waals surface area contributed by atoms with Gasteiger partial charge in [0.2, 0.25) is 0 Å². The first-order valence-electron chi connectivity index (χ1n) is 12.4. The minimum atomic E-state index is -4.53. The van der Waals surface area contributed by atoms with Crippen molar-refractivity contribution in [1.29, 1.82) is 0 Å². The molecule has 0 unspecified atom stereocenters. The van der Waals surface area contributed by atoms with Crippen molar-refractivity contribution in [3.8, 4) is 5.75 Å². The lowest BCUT2D eigenvalue weighted by atomic mass is 9.98. The van der Waals surface area contributed by atoms with Crippen LogP contribution in [0.1, 0.15) is 39.5 Å². The Balaban J connectivity index is 1.63. The molecule has 7 nitrogen and oxygen atoms in total. The maximum absolute atomic E-state index is 13.7. The molecule has 0 N–H and O–H groups in total. The zero-order valence-corrected chi connectivity index (χ0v) is 22.6. The molecule has 0 radical (unpaired) electrons. The summed E-state index contributed by atoms with van der Waals surface area (Å²) in [6.07, 6.45) is -4.16. The monoisotopic (exact) mass is 573 g/mol. The first kappa shape index (κ1) is 29.1. The van der Waals surface area contributed by atoms with Gasteiger partial charge in [-0.1, -0.05) is 41.9 Å². The molecule has 1 aliphatic heterocycles. The van der Waals surface area contributed by atoms with Gasteiger partial charge in [0, 0.05) is 36.2 Å². The summed E-state index contributed by atoms with van der Waals surface area (Å²) in [5, 5.41) is 6.41. The molecule has 0 saturated carbocycles. The van der Waals surface area contributed by atoms with Crippen molar-refractivity contribution >= 4 is 29.1 Å². The smallest absolute Gasteiger partial charge is 0.416 e. The molecular formula is C29H27ClF3N3O4. The molecule has 0 aromatic heterocycles. The SMILES string of the molecule is COCCN(CC(=O)N1N=C(c2cccc(OC)c2)C[C@H]1c1ccccc1Cl)C(=O)c1ccc(C(F)(F)F)cc1. The Morgan fingerprint density at radius 2 is 1.77 bits per heavy atom. The van der Waals surface area contributed by atoms with E-state index in [0.29, 0.717) is 28.5 Å². The van der Waals surface area contributed by atoms with Gasteiger partial charge in [-0.25, -0.2) is 5.01 Å². The molecule has 0 fully saturated rings. The molecule has 1 aliphatic rings. The van der Waals surface area contributed by atoms with Gasteiger partial charge < -0.3 is 14.4 Å². The molecule has 1 heterocycles. The number of alkyl halides is 3. The minimum absolute atomic E-state index is 0.0153. The second-order valence-corrected chi connectivity index (χ2v) is 9.46. The van der Waals surface area contributed by atoms with E-state index in [-0.39, 0.29) is 25.3 Å². The lowest BCUT2D eigenvalue weighted by molar-refractivity contribution is -0.137. The Labute approximate surface area is 234 Å². The predicted molar refractivity (Wildman–Crippen MR) is 144 cm³/mol. The number of rotatable bonds is 9. The van der Waals surface area contributed by atoms with Gasteiger partial charge in [-0.3, -0.25) is 9.59 Å². The molecule has 3 aromatic rings. The summed E-state index contributed by atoms with van der Waals surface area (Å²) in [5.74, 6) is -0.462. The van der Waals surface area contributed by atoms with Crippen LogP contribution < -0.4 is 4.74 Å². The fourth-order valence-corrected chi connectivity index (χ4v) is 4.64. The van der Waals surface area contributed by atoms with Crippen LogP contribution in [0.5, 0.6) is 5.75 Å². The second-order valence-electron chi connectivity index (χ2n) is 9.05. The third-order valence-electron chi connectivity index (χ3n) is 6.47. The molecule has 11 heteroatoms. The summed E-state index contributed by atoms with van der Waals surface area (Å²) >= 11 is 6.50. The van der Waals surface area contributed by atoms with E-state index in [2.05, 4.69) is 5.10 Å². The van der Waals surface area contributed by atoms with Crippen molar-refractivity contribution < 1.29 is 32.2 Å². The number of halogens is 4. The number of carbonyl (C=O) groups is 2. The summed E-state index contributed by atoms with van der Waals surface area (Å²) in [7, 11) is 3.00. The van der Waals surface area contributed by atoms with E-state index in [9.17, 15) is 22.8 Å². The molecule has 0 bridgehead atoms. The molecule has 210 valence electrons. The number of hydrogen-bond donors (Lipinski definition) is 0. The van der Waals surface area contributed by atoms with Crippen LogP contribution in [0.2, 0.25) is 5.02 Å². The van der Waals surface area contributed by atoms with E-state index in [0.717, 1.165) is 29.8 Å². The predicted octanol–water partition coefficient (Wildman–Crippen LogP) is 5.83. The average molecular weight is 574 g/mol. The van der Waals surface area contributed by atoms with Crippen LogP contribution in [-0.2, 0) is 15.7 Å². The normalized spacial score (nSPS) is 15.1. The van der Waals surface area contributed by atoms with Crippen LogP contribution in [-0.4, -0.2) is 61.4 Å². The molecule has 40 heavy (non-hydrogen) atoms. The summed E-state index contributed by atoms with van der Waals surface area (Å²) in [5.41, 5.74) is 1.24. The maximum Gasteiger partial charge on any atom is 0.416 e. The molecule has 3 aromatic carbocycles. The fourth-order valence-electron chi connectivity index (χ4n) is 4.38. The van der Waals surface area contributed by atoms with Crippen molar-refractivity contribution in [3.05, 3.63) is 100 Å². The quantitative estimate of drug-likeness (QED) is 0.323. The highest BCUT2D eigenvalue weighted by molar-refractivity contribution is 6.31. The highest BCUT2D eigenvalue weighted by Gasteiger charge is 2.36. The van der Waals surface area contributed by atoms with E-state index in [1.165, 1.54) is 17.0 Å². The van der Waals surface area contributed by atoms with E-state index in [4.69, 9.17) is 21.1 Å². The number of hydrazone groups is 1. The van der Waals surface area contributed by atoms with Crippen LogP contribution in [0, 0.1) is 0 Å². The van der Waals surface area contributed by atoms with Crippen LogP contribution >= 0.6 is 11.6 Å². The topological polar surface area (TPSA) is 71.4 Å². The Kier molecular flexibility index (Phi) is 9.11. The number of methoxy groups -OCH3 is 2. The molecule has 0 spiro atoms. The van der Waals surface area contributed by atoms with Gasteiger partial charge in [-0.2, -0.15) is 18.3 Å². The number of ether oxygens (including phenoxy) is 2. The average Bonchev–Trinajstić information content (AvgIpc) is 3.40. The Morgan fingerprint density at radius 3 is 2.42 bits per heavy atom. The molecule has 2 amide bonds. The van der Waals surface area contributed by atoms with Crippen molar-refractivity contribution in [2.75, 3.05) is 33.9 Å². The zero-order chi connectivity index (χ0) is 28.9. The van der Waals surface area contributed by atoms with E-state index >= 15 is 0 Å². The number of nitrogens with zero attached hydrogens (tertiary/aromatic N) is 3. The Bertz CT molecular complexity index is 1400. The summed E-state index contributed by atoms with van der Waals surface area (Å²) in [6, 6.07) is 17.8. The number of hydrogen-bond acceptors (Lipinski definition) is 5. The number of carbonyl (C=O) groups excluding carboxylic acids is 2. The minimum Gasteiger partial charge on any atom is -0.497 e. The van der Waals surface area contributed by atoms with Crippen LogP contribution in [0.25, 0.3) is 0 Å². The summed E-state index contributed by atoms with van der Waals surface area (Å²) in [4.78, 5) is 28.2. The lowest BCUT2D eigenvalue weighted by Gasteiger charge is -2.27. The highest BCUT2D eigenvalue weighted by atomic mass is 35.5. The summed E-state index contributed by atoms with van der Waals surface area (Å²) in [6.45, 7) is -0.218. The van der Waals surface area contributed by atoms with Crippen LogP contribution in [0.3, 0.4) is 0 Å². The van der Waals surface area contributed by atoms with Crippen molar-refractivity contribution in [2.45, 2.75) is 18.6 Å². The van der Waals surface area contributed by atoms with Gasteiger partial charge in [0.15, 0.2) is 0 Å². The molecule has 0 saturated heterocycles. The highest BCUT2D eigenvalue weighted by Crippen LogP contribution is 2.37. The number of amides is 2. The molecule has 1 atom stereocenters.